The van der Waals surface area contributed by atoms with E-state index in [1.165, 1.54) is 23.3 Å². The lowest BCUT2D eigenvalue weighted by Gasteiger charge is -2.29. The zero-order valence-electron chi connectivity index (χ0n) is 38.2. The molecule has 346 valence electrons. The molecule has 0 spiro atoms. The first kappa shape index (κ1) is 49.8. The molecule has 9 heteroatoms. The summed E-state index contributed by atoms with van der Waals surface area (Å²) in [5, 5.41) is 0. The molecule has 0 N–H and O–H groups in total. The van der Waals surface area contributed by atoms with Crippen molar-refractivity contribution in [2.45, 2.75) is 147 Å². The molecule has 0 amide bonds. The highest BCUT2D eigenvalue weighted by Gasteiger charge is 2.25. The van der Waals surface area contributed by atoms with Gasteiger partial charge in [-0.3, -0.25) is 9.59 Å². The lowest BCUT2D eigenvalue weighted by Crippen LogP contribution is -2.17. The minimum Gasteiger partial charge on any atom is -0.494 e. The van der Waals surface area contributed by atoms with Gasteiger partial charge in [0.1, 0.15) is 23.0 Å². The molecule has 2 fully saturated rings. The molecule has 0 radical (unpaired) electrons. The van der Waals surface area contributed by atoms with Gasteiger partial charge in [-0.05, 0) is 181 Å². The van der Waals surface area contributed by atoms with Crippen molar-refractivity contribution < 1.29 is 42.9 Å². The molecular weight excluding hydrogens is 805 g/mol. The number of ketones is 1. The summed E-state index contributed by atoms with van der Waals surface area (Å²) >= 11 is 0. The van der Waals surface area contributed by atoms with E-state index in [2.05, 4.69) is 61.7 Å². The van der Waals surface area contributed by atoms with Crippen molar-refractivity contribution in [3.63, 3.8) is 0 Å². The van der Waals surface area contributed by atoms with Gasteiger partial charge in [-0.2, -0.15) is 0 Å². The van der Waals surface area contributed by atoms with E-state index >= 15 is 0 Å². The van der Waals surface area contributed by atoms with Crippen LogP contribution >= 0.6 is 0 Å². The zero-order valence-corrected chi connectivity index (χ0v) is 38.2. The average molecular weight is 877 g/mol. The van der Waals surface area contributed by atoms with Crippen LogP contribution in [0.15, 0.2) is 98.1 Å². The van der Waals surface area contributed by atoms with E-state index < -0.39 is 0 Å². The van der Waals surface area contributed by atoms with E-state index in [1.54, 1.807) is 0 Å². The largest absolute Gasteiger partial charge is 0.494 e. The second-order valence-electron chi connectivity index (χ2n) is 17.7. The summed E-state index contributed by atoms with van der Waals surface area (Å²) in [5.74, 6) is 3.68. The van der Waals surface area contributed by atoms with Crippen molar-refractivity contribution in [1.82, 2.24) is 0 Å². The molecule has 0 aromatic heterocycles. The molecule has 3 aromatic carbocycles. The number of Topliss-reactive ketones (excluding diaryl/α,β-unsaturated/α-hetero) is 1. The molecule has 0 aliphatic heterocycles. The highest BCUT2D eigenvalue weighted by molar-refractivity contribution is 5.82. The Morgan fingerprint density at radius 3 is 1.42 bits per heavy atom. The maximum absolute atomic E-state index is 13.2. The van der Waals surface area contributed by atoms with Crippen LogP contribution < -0.4 is 14.2 Å². The first-order chi connectivity index (χ1) is 31.3. The Balaban J connectivity index is 0.907. The summed E-state index contributed by atoms with van der Waals surface area (Å²) in [4.78, 5) is 48.4. The van der Waals surface area contributed by atoms with Gasteiger partial charge < -0.3 is 23.7 Å². The summed E-state index contributed by atoms with van der Waals surface area (Å²) in [7, 11) is 0. The topological polar surface area (TPSA) is 114 Å². The van der Waals surface area contributed by atoms with Gasteiger partial charge in [0.2, 0.25) is 0 Å². The second-order valence-corrected chi connectivity index (χ2v) is 17.7. The molecule has 5 rings (SSSR count). The number of unbranched alkanes of at least 4 members (excludes halogenated alkanes) is 6. The van der Waals surface area contributed by atoms with Crippen LogP contribution in [0.4, 0.5) is 0 Å². The van der Waals surface area contributed by atoms with E-state index in [9.17, 15) is 19.2 Å². The highest BCUT2D eigenvalue weighted by Crippen LogP contribution is 2.39. The van der Waals surface area contributed by atoms with Gasteiger partial charge in [0.05, 0.1) is 26.4 Å². The summed E-state index contributed by atoms with van der Waals surface area (Å²) in [6, 6.07) is 24.6. The number of para-hydroxylation sites is 1. The Kier molecular flexibility index (Phi) is 22.3. The van der Waals surface area contributed by atoms with Crippen LogP contribution in [0.25, 0.3) is 0 Å². The number of carbonyl (C=O) groups is 4. The van der Waals surface area contributed by atoms with Gasteiger partial charge in [0.15, 0.2) is 0 Å². The Bertz CT molecular complexity index is 1730. The maximum atomic E-state index is 13.2. The van der Waals surface area contributed by atoms with Crippen LogP contribution in [0.3, 0.4) is 0 Å². The summed E-state index contributed by atoms with van der Waals surface area (Å²) in [6.07, 6.45) is 22.0. The minimum atomic E-state index is -0.367. The summed E-state index contributed by atoms with van der Waals surface area (Å²) < 4.78 is 27.8. The first-order valence-corrected chi connectivity index (χ1v) is 24.1. The van der Waals surface area contributed by atoms with Crippen LogP contribution in [0.5, 0.6) is 17.2 Å². The fourth-order valence-electron chi connectivity index (χ4n) is 9.11. The van der Waals surface area contributed by atoms with E-state index in [0.717, 1.165) is 133 Å². The average Bonchev–Trinajstić information content (AvgIpc) is 3.33. The molecular formula is C55H72O9. The van der Waals surface area contributed by atoms with Gasteiger partial charge in [0, 0.05) is 37.0 Å². The van der Waals surface area contributed by atoms with Crippen molar-refractivity contribution >= 4 is 23.7 Å². The molecule has 2 aliphatic rings. The Labute approximate surface area is 382 Å². The number of benzene rings is 3. The number of ether oxygens (including phenoxy) is 5. The molecule has 2 saturated carbocycles. The van der Waals surface area contributed by atoms with Gasteiger partial charge >= 0.3 is 17.9 Å². The molecule has 64 heavy (non-hydrogen) atoms. The third-order valence-electron chi connectivity index (χ3n) is 13.0. The highest BCUT2D eigenvalue weighted by atomic mass is 16.5. The quantitative estimate of drug-likeness (QED) is 0.0291. The molecule has 0 bridgehead atoms. The Morgan fingerprint density at radius 1 is 0.516 bits per heavy atom. The van der Waals surface area contributed by atoms with E-state index in [0.29, 0.717) is 68.7 Å². The Hall–Kier alpha value is -5.18. The van der Waals surface area contributed by atoms with Crippen molar-refractivity contribution in [2.24, 2.45) is 11.8 Å². The number of hydrogen-bond donors (Lipinski definition) is 0. The summed E-state index contributed by atoms with van der Waals surface area (Å²) in [5.41, 5.74) is 3.51. The monoisotopic (exact) mass is 877 g/mol. The lowest BCUT2D eigenvalue weighted by atomic mass is 9.77. The summed E-state index contributed by atoms with van der Waals surface area (Å²) in [6.45, 7) is 9.03. The molecule has 2 aliphatic carbocycles. The van der Waals surface area contributed by atoms with Gasteiger partial charge in [0.25, 0.3) is 0 Å². The van der Waals surface area contributed by atoms with E-state index in [1.807, 2.05) is 24.3 Å². The van der Waals surface area contributed by atoms with Crippen LogP contribution in [-0.2, 0) is 35.1 Å². The van der Waals surface area contributed by atoms with Crippen LogP contribution in [0.2, 0.25) is 0 Å². The number of carbonyl (C=O) groups excluding carboxylic acids is 4. The molecule has 0 saturated heterocycles. The minimum absolute atomic E-state index is 0.197. The fraction of sp³-hybridized carbons (Fsp3) is 0.527. The van der Waals surface area contributed by atoms with E-state index in [4.69, 9.17) is 23.7 Å². The van der Waals surface area contributed by atoms with Gasteiger partial charge in [-0.15, -0.1) is 0 Å². The fourth-order valence-corrected chi connectivity index (χ4v) is 9.11. The van der Waals surface area contributed by atoms with Crippen molar-refractivity contribution in [3.05, 3.63) is 115 Å². The predicted octanol–water partition coefficient (Wildman–Crippen LogP) is 12.5. The van der Waals surface area contributed by atoms with Crippen molar-refractivity contribution in [1.29, 1.82) is 0 Å². The van der Waals surface area contributed by atoms with Crippen molar-refractivity contribution in [3.8, 4) is 17.2 Å². The van der Waals surface area contributed by atoms with E-state index in [-0.39, 0.29) is 30.1 Å². The third-order valence-corrected chi connectivity index (χ3v) is 13.0. The molecule has 0 unspecified atom stereocenters. The zero-order chi connectivity index (χ0) is 45.2. The molecule has 9 nitrogen and oxygen atoms in total. The van der Waals surface area contributed by atoms with Gasteiger partial charge in [-0.25, -0.2) is 9.59 Å². The SMILES string of the molecule is C=CC(=O)OCCCCCCOc1ccc(C2CCC(CCC(=O)Cc3ccccc3OC(=O)CCC3CCC(c4ccc(OCCCCCCOC(=O)C=C)cc4)CC3)CC2)cc1. The first-order valence-electron chi connectivity index (χ1n) is 24.1. The van der Waals surface area contributed by atoms with Crippen molar-refractivity contribution in [2.75, 3.05) is 26.4 Å². The standard InChI is InChI=1S/C55H72O9/c1-3-53(57)62-39-13-7-5-11-37-60-50-32-27-46(28-33-50)44-23-17-42(18-24-44)21-31-49(56)41-48-15-9-10-16-52(48)64-55(59)36-22-43-19-25-45(26-20-43)47-29-34-51(35-30-47)61-38-12-6-8-14-40-63-54(58)4-2/h3-4,9-10,15-16,27-30,32-35,42-45H,1-2,5-8,11-14,17-26,31,36-41H2. The van der Waals surface area contributed by atoms with Crippen LogP contribution in [-0.4, -0.2) is 50.1 Å². The van der Waals surface area contributed by atoms with Gasteiger partial charge in [-0.1, -0.05) is 55.6 Å². The maximum Gasteiger partial charge on any atom is 0.330 e. The van der Waals surface area contributed by atoms with Crippen LogP contribution in [0.1, 0.15) is 157 Å². The number of esters is 3. The number of rotatable bonds is 29. The predicted molar refractivity (Wildman–Crippen MR) is 252 cm³/mol. The molecule has 0 heterocycles. The second kappa shape index (κ2) is 28.6. The lowest BCUT2D eigenvalue weighted by molar-refractivity contribution is -0.138. The molecule has 3 aromatic rings. The van der Waals surface area contributed by atoms with Crippen LogP contribution in [0, 0.1) is 11.8 Å². The number of hydrogen-bond acceptors (Lipinski definition) is 9. The smallest absolute Gasteiger partial charge is 0.330 e. The third kappa shape index (κ3) is 18.5. The molecule has 0 atom stereocenters. The Morgan fingerprint density at radius 2 is 0.953 bits per heavy atom. The normalized spacial score (nSPS) is 18.3.